The maximum atomic E-state index is 13.2. The van der Waals surface area contributed by atoms with E-state index in [1.54, 1.807) is 0 Å². The summed E-state index contributed by atoms with van der Waals surface area (Å²) in [7, 11) is 0. The molecule has 3 heteroatoms. The highest BCUT2D eigenvalue weighted by Gasteiger charge is 2.31. The lowest BCUT2D eigenvalue weighted by atomic mass is 9.91. The van der Waals surface area contributed by atoms with Gasteiger partial charge < -0.3 is 9.22 Å². The summed E-state index contributed by atoms with van der Waals surface area (Å²) >= 11 is 0. The highest BCUT2D eigenvalue weighted by molar-refractivity contribution is 5.82. The molecule has 3 nitrogen and oxygen atoms in total. The van der Waals surface area contributed by atoms with E-state index in [1.807, 2.05) is 60.7 Å². The van der Waals surface area contributed by atoms with Gasteiger partial charge in [0.25, 0.3) is 0 Å². The number of esters is 1. The van der Waals surface area contributed by atoms with Crippen LogP contribution in [0.15, 0.2) is 60.7 Å². The van der Waals surface area contributed by atoms with Gasteiger partial charge in [0, 0.05) is 0 Å². The van der Waals surface area contributed by atoms with Gasteiger partial charge >= 0.3 is 5.97 Å². The molecule has 146 valence electrons. The summed E-state index contributed by atoms with van der Waals surface area (Å²) < 4.78 is 7.06. The van der Waals surface area contributed by atoms with E-state index in [0.29, 0.717) is 0 Å². The average molecular weight is 369 g/mol. The third-order valence-electron chi connectivity index (χ3n) is 5.84. The van der Waals surface area contributed by atoms with Gasteiger partial charge in [-0.05, 0) is 38.3 Å². The van der Waals surface area contributed by atoms with Crippen LogP contribution in [0.25, 0.3) is 0 Å². The smallest absolute Gasteiger partial charge is 0.318 e. The number of hydrogen-bond donors (Lipinski definition) is 0. The summed E-state index contributed by atoms with van der Waals surface area (Å²) in [5.74, 6) is -0.533. The van der Waals surface area contributed by atoms with E-state index in [9.17, 15) is 4.79 Å². The molecule has 0 unspecified atom stereocenters. The second-order valence-electron chi connectivity index (χ2n) is 7.19. The minimum atomic E-state index is -0.381. The predicted octanol–water partition coefficient (Wildman–Crippen LogP) is 5.02. The Balaban J connectivity index is 2.25. The van der Waals surface area contributed by atoms with Crippen molar-refractivity contribution in [3.8, 4) is 0 Å². The van der Waals surface area contributed by atoms with Gasteiger partial charge in [-0.1, -0.05) is 67.6 Å². The third kappa shape index (κ3) is 5.43. The number of ether oxygens (including phenoxy) is 1. The number of rotatable bonds is 10. The molecule has 2 rings (SSSR count). The van der Waals surface area contributed by atoms with E-state index in [4.69, 9.17) is 4.74 Å². The molecule has 0 spiro atoms. The second-order valence-corrected chi connectivity index (χ2v) is 7.19. The molecule has 0 saturated heterocycles. The number of carbonyl (C=O) groups excluding carboxylic acids is 1. The molecule has 0 aliphatic carbocycles. The molecule has 0 N–H and O–H groups in total. The van der Waals surface area contributed by atoms with Crippen molar-refractivity contribution in [2.24, 2.45) is 0 Å². The van der Waals surface area contributed by atoms with Crippen molar-refractivity contribution < 1.29 is 14.0 Å². The quantitative estimate of drug-likeness (QED) is 0.435. The highest BCUT2D eigenvalue weighted by Crippen LogP contribution is 2.27. The van der Waals surface area contributed by atoms with Gasteiger partial charge in [0.2, 0.25) is 0 Å². The molecule has 0 aromatic heterocycles. The van der Waals surface area contributed by atoms with Crippen molar-refractivity contribution in [1.82, 2.24) is 0 Å². The molecule has 0 amide bonds. The Bertz CT molecular complexity index is 632. The van der Waals surface area contributed by atoms with Crippen LogP contribution < -0.4 is 0 Å². The molecule has 0 aliphatic heterocycles. The molecule has 0 saturated carbocycles. The van der Waals surface area contributed by atoms with Gasteiger partial charge in [-0.3, -0.25) is 4.79 Å². The Morgan fingerprint density at radius 1 is 0.815 bits per heavy atom. The second kappa shape index (κ2) is 10.3. The molecule has 0 aliphatic rings. The number of hydrogen-bond acceptors (Lipinski definition) is 2. The Labute approximate surface area is 164 Å². The zero-order chi connectivity index (χ0) is 19.7. The third-order valence-corrected chi connectivity index (χ3v) is 5.84. The Kier molecular flexibility index (Phi) is 8.05. The van der Waals surface area contributed by atoms with Gasteiger partial charge in [-0.25, -0.2) is 0 Å². The van der Waals surface area contributed by atoms with Crippen LogP contribution in [0.5, 0.6) is 0 Å². The molecule has 2 aromatic carbocycles. The Morgan fingerprint density at radius 2 is 1.26 bits per heavy atom. The summed E-state index contributed by atoms with van der Waals surface area (Å²) in [4.78, 5) is 13.2. The molecule has 0 bridgehead atoms. The molecule has 0 fully saturated rings. The first-order valence-electron chi connectivity index (χ1n) is 10.2. The molecule has 1 atom stereocenters. The predicted molar refractivity (Wildman–Crippen MR) is 112 cm³/mol. The van der Waals surface area contributed by atoms with Crippen LogP contribution in [-0.4, -0.2) is 42.7 Å². The highest BCUT2D eigenvalue weighted by atomic mass is 16.5. The van der Waals surface area contributed by atoms with E-state index in [1.165, 1.54) is 0 Å². The lowest BCUT2D eigenvalue weighted by molar-refractivity contribution is -0.925. The van der Waals surface area contributed by atoms with Gasteiger partial charge in [0.1, 0.15) is 12.5 Å². The van der Waals surface area contributed by atoms with E-state index >= 15 is 0 Å². The Hall–Kier alpha value is -2.13. The van der Waals surface area contributed by atoms with E-state index in [-0.39, 0.29) is 18.0 Å². The number of likely N-dealkylation sites (N-methyl/N-ethyl adjacent to an activating group) is 1. The fourth-order valence-electron chi connectivity index (χ4n) is 3.73. The van der Waals surface area contributed by atoms with Crippen molar-refractivity contribution >= 4 is 5.97 Å². The summed E-state index contributed by atoms with van der Waals surface area (Å²) in [6, 6.07) is 19.9. The van der Waals surface area contributed by atoms with Gasteiger partial charge in [-0.2, -0.15) is 0 Å². The number of benzene rings is 2. The fraction of sp³-hybridized carbons (Fsp3) is 0.458. The summed E-state index contributed by atoms with van der Waals surface area (Å²) in [6.07, 6.45) is 0.773. The van der Waals surface area contributed by atoms with Crippen LogP contribution in [0.1, 0.15) is 51.2 Å². The fourth-order valence-corrected chi connectivity index (χ4v) is 3.73. The van der Waals surface area contributed by atoms with Crippen LogP contribution in [0.3, 0.4) is 0 Å². The minimum Gasteiger partial charge on any atom is -0.456 e. The van der Waals surface area contributed by atoms with Crippen molar-refractivity contribution in [3.63, 3.8) is 0 Å². The van der Waals surface area contributed by atoms with Gasteiger partial charge in [-0.15, -0.1) is 0 Å². The monoisotopic (exact) mass is 368 g/mol. The maximum Gasteiger partial charge on any atom is 0.318 e. The molecule has 27 heavy (non-hydrogen) atoms. The first-order valence-corrected chi connectivity index (χ1v) is 10.2. The molecular weight excluding hydrogens is 334 g/mol. The average Bonchev–Trinajstić information content (AvgIpc) is 2.73. The van der Waals surface area contributed by atoms with Crippen LogP contribution in [-0.2, 0) is 9.53 Å². The molecular formula is C24H34NO2+. The van der Waals surface area contributed by atoms with Crippen LogP contribution in [0.2, 0.25) is 0 Å². The number of nitrogens with zero attached hydrogens (tertiary/aromatic N) is 1. The maximum absolute atomic E-state index is 13.2. The van der Waals surface area contributed by atoms with E-state index in [2.05, 4.69) is 27.7 Å². The lowest BCUT2D eigenvalue weighted by Crippen LogP contribution is -2.52. The molecule has 2 aromatic rings. The SMILES string of the molecule is CC[C@H](C[N+](CC)(CC)CC)OC(=O)C(c1ccccc1)c1ccccc1. The standard InChI is InChI=1S/C24H34NO2/c1-5-22(19-25(6-2,7-3)8-4)27-24(26)23(20-15-11-9-12-16-20)21-17-13-10-14-18-21/h9-18,22-23H,5-8,19H2,1-4H3/q+1/t22-/m1/s1. The van der Waals surface area contributed by atoms with Gasteiger partial charge in [0.05, 0.1) is 19.6 Å². The van der Waals surface area contributed by atoms with Crippen molar-refractivity contribution in [2.75, 3.05) is 26.2 Å². The van der Waals surface area contributed by atoms with Crippen molar-refractivity contribution in [2.45, 2.75) is 46.1 Å². The van der Waals surface area contributed by atoms with Gasteiger partial charge in [0.15, 0.2) is 6.10 Å². The normalized spacial score (nSPS) is 12.8. The topological polar surface area (TPSA) is 26.3 Å². The molecule has 0 radical (unpaired) electrons. The number of quaternary nitrogens is 1. The van der Waals surface area contributed by atoms with E-state index < -0.39 is 0 Å². The zero-order valence-electron chi connectivity index (χ0n) is 17.2. The Morgan fingerprint density at radius 3 is 1.63 bits per heavy atom. The molecule has 0 heterocycles. The van der Waals surface area contributed by atoms with Crippen molar-refractivity contribution in [1.29, 1.82) is 0 Å². The summed E-state index contributed by atoms with van der Waals surface area (Å²) in [5.41, 5.74) is 1.96. The van der Waals surface area contributed by atoms with Crippen molar-refractivity contribution in [3.05, 3.63) is 71.8 Å². The lowest BCUT2D eigenvalue weighted by Gasteiger charge is -2.38. The van der Waals surface area contributed by atoms with Crippen LogP contribution in [0, 0.1) is 0 Å². The van der Waals surface area contributed by atoms with Crippen LogP contribution >= 0.6 is 0 Å². The zero-order valence-corrected chi connectivity index (χ0v) is 17.2. The number of carbonyl (C=O) groups is 1. The summed E-state index contributed by atoms with van der Waals surface area (Å²) in [5, 5.41) is 0. The first-order chi connectivity index (χ1) is 13.1. The largest absolute Gasteiger partial charge is 0.456 e. The first kappa shape index (κ1) is 21.2. The van der Waals surface area contributed by atoms with E-state index in [0.717, 1.165) is 48.2 Å². The minimum absolute atomic E-state index is 0.0627. The van der Waals surface area contributed by atoms with Crippen LogP contribution in [0.4, 0.5) is 0 Å². The summed E-state index contributed by atoms with van der Waals surface area (Å²) in [6.45, 7) is 12.8.